The number of rotatable bonds is 4. The molecule has 0 radical (unpaired) electrons. The summed E-state index contributed by atoms with van der Waals surface area (Å²) in [5.41, 5.74) is 2.41. The van der Waals surface area contributed by atoms with Crippen LogP contribution in [0.15, 0.2) is 11.7 Å². The standard InChI is InChI=1S/C13H19N3S/c1-5-13(4,6-2)16-12-11-10(14-8-15-12)9(3)7-17-11/h7-8H,5-6H2,1-4H3,(H,14,15,16). The minimum absolute atomic E-state index is 0.110. The van der Waals surface area contributed by atoms with E-state index in [-0.39, 0.29) is 5.54 Å². The van der Waals surface area contributed by atoms with Gasteiger partial charge in [-0.15, -0.1) is 11.3 Å². The summed E-state index contributed by atoms with van der Waals surface area (Å²) < 4.78 is 1.16. The summed E-state index contributed by atoms with van der Waals surface area (Å²) in [7, 11) is 0. The van der Waals surface area contributed by atoms with Crippen molar-refractivity contribution < 1.29 is 0 Å². The summed E-state index contributed by atoms with van der Waals surface area (Å²) in [5.74, 6) is 0.972. The molecule has 0 unspecified atom stereocenters. The Hall–Kier alpha value is -1.16. The lowest BCUT2D eigenvalue weighted by Gasteiger charge is -2.28. The Morgan fingerprint density at radius 3 is 2.65 bits per heavy atom. The second kappa shape index (κ2) is 4.61. The predicted molar refractivity (Wildman–Crippen MR) is 74.8 cm³/mol. The van der Waals surface area contributed by atoms with Crippen LogP contribution >= 0.6 is 11.3 Å². The molecule has 2 aromatic rings. The Morgan fingerprint density at radius 2 is 2.00 bits per heavy atom. The lowest BCUT2D eigenvalue weighted by Crippen LogP contribution is -2.33. The van der Waals surface area contributed by atoms with Crippen LogP contribution < -0.4 is 5.32 Å². The Balaban J connectivity index is 2.42. The van der Waals surface area contributed by atoms with Crippen molar-refractivity contribution in [2.75, 3.05) is 5.32 Å². The van der Waals surface area contributed by atoms with Gasteiger partial charge in [-0.05, 0) is 37.6 Å². The Bertz CT molecular complexity index is 514. The molecule has 2 aromatic heterocycles. The first-order chi connectivity index (χ1) is 8.09. The number of aryl methyl sites for hydroxylation is 1. The highest BCUT2D eigenvalue weighted by Crippen LogP contribution is 2.31. The molecule has 0 saturated carbocycles. The Labute approximate surface area is 106 Å². The molecule has 0 aliphatic carbocycles. The second-order valence-corrected chi connectivity index (χ2v) is 5.59. The van der Waals surface area contributed by atoms with Crippen LogP contribution in [0.1, 0.15) is 39.2 Å². The number of hydrogen-bond acceptors (Lipinski definition) is 4. The van der Waals surface area contributed by atoms with Crippen LogP contribution in [0.2, 0.25) is 0 Å². The van der Waals surface area contributed by atoms with Crippen LogP contribution in [0.4, 0.5) is 5.82 Å². The van der Waals surface area contributed by atoms with Crippen molar-refractivity contribution in [3.63, 3.8) is 0 Å². The maximum Gasteiger partial charge on any atom is 0.147 e. The van der Waals surface area contributed by atoms with Crippen molar-refractivity contribution in [2.24, 2.45) is 0 Å². The maximum atomic E-state index is 4.39. The van der Waals surface area contributed by atoms with Crippen LogP contribution in [0.25, 0.3) is 10.2 Å². The van der Waals surface area contributed by atoms with E-state index in [9.17, 15) is 0 Å². The quantitative estimate of drug-likeness (QED) is 0.890. The molecule has 0 atom stereocenters. The van der Waals surface area contributed by atoms with Gasteiger partial charge in [0.15, 0.2) is 0 Å². The van der Waals surface area contributed by atoms with E-state index in [1.165, 1.54) is 5.56 Å². The van der Waals surface area contributed by atoms with E-state index in [4.69, 9.17) is 0 Å². The fourth-order valence-corrected chi connectivity index (χ4v) is 2.72. The van der Waals surface area contributed by atoms with E-state index >= 15 is 0 Å². The number of anilines is 1. The van der Waals surface area contributed by atoms with E-state index in [0.29, 0.717) is 0 Å². The van der Waals surface area contributed by atoms with Gasteiger partial charge < -0.3 is 5.32 Å². The molecule has 4 heteroatoms. The van der Waals surface area contributed by atoms with Crippen molar-refractivity contribution in [1.29, 1.82) is 0 Å². The van der Waals surface area contributed by atoms with Gasteiger partial charge in [-0.3, -0.25) is 0 Å². The van der Waals surface area contributed by atoms with Crippen molar-refractivity contribution >= 4 is 27.4 Å². The first-order valence-electron chi connectivity index (χ1n) is 6.06. The molecule has 0 saturated heterocycles. The zero-order valence-corrected chi connectivity index (χ0v) is 11.7. The average Bonchev–Trinajstić information content (AvgIpc) is 2.72. The van der Waals surface area contributed by atoms with Gasteiger partial charge in [0.2, 0.25) is 0 Å². The zero-order valence-electron chi connectivity index (χ0n) is 10.9. The SMILES string of the molecule is CCC(C)(CC)Nc1ncnc2c(C)csc12. The van der Waals surface area contributed by atoms with Gasteiger partial charge in [0.25, 0.3) is 0 Å². The summed E-state index contributed by atoms with van der Waals surface area (Å²) in [5, 5.41) is 5.71. The van der Waals surface area contributed by atoms with E-state index in [0.717, 1.165) is 28.9 Å². The van der Waals surface area contributed by atoms with Gasteiger partial charge in [0, 0.05) is 5.54 Å². The first kappa shape index (κ1) is 12.3. The number of thiophene rings is 1. The van der Waals surface area contributed by atoms with Crippen molar-refractivity contribution in [1.82, 2.24) is 9.97 Å². The van der Waals surface area contributed by atoms with Crippen LogP contribution in [-0.2, 0) is 0 Å². The van der Waals surface area contributed by atoms with Crippen LogP contribution in [0.5, 0.6) is 0 Å². The summed E-state index contributed by atoms with van der Waals surface area (Å²) in [4.78, 5) is 8.73. The molecule has 0 bridgehead atoms. The monoisotopic (exact) mass is 249 g/mol. The molecule has 0 fully saturated rings. The van der Waals surface area contributed by atoms with E-state index in [1.807, 2.05) is 0 Å². The van der Waals surface area contributed by atoms with Gasteiger partial charge in [-0.25, -0.2) is 9.97 Å². The third kappa shape index (κ3) is 2.27. The largest absolute Gasteiger partial charge is 0.364 e. The Morgan fingerprint density at radius 1 is 1.29 bits per heavy atom. The third-order valence-corrected chi connectivity index (χ3v) is 4.61. The van der Waals surface area contributed by atoms with Crippen molar-refractivity contribution in [3.8, 4) is 0 Å². The van der Waals surface area contributed by atoms with E-state index < -0.39 is 0 Å². The molecule has 0 amide bonds. The van der Waals surface area contributed by atoms with Crippen LogP contribution in [-0.4, -0.2) is 15.5 Å². The number of nitrogens with one attached hydrogen (secondary N) is 1. The van der Waals surface area contributed by atoms with E-state index in [2.05, 4.69) is 48.4 Å². The second-order valence-electron chi connectivity index (χ2n) is 4.71. The summed E-state index contributed by atoms with van der Waals surface area (Å²) >= 11 is 1.71. The molecule has 92 valence electrons. The van der Waals surface area contributed by atoms with Crippen LogP contribution in [0.3, 0.4) is 0 Å². The molecule has 1 N–H and O–H groups in total. The topological polar surface area (TPSA) is 37.8 Å². The Kier molecular flexibility index (Phi) is 3.33. The molecule has 0 aliphatic heterocycles. The maximum absolute atomic E-state index is 4.39. The molecular formula is C13H19N3S. The number of hydrogen-bond donors (Lipinski definition) is 1. The van der Waals surface area contributed by atoms with E-state index in [1.54, 1.807) is 17.7 Å². The molecule has 0 spiro atoms. The average molecular weight is 249 g/mol. The van der Waals surface area contributed by atoms with Gasteiger partial charge in [0.1, 0.15) is 12.1 Å². The first-order valence-corrected chi connectivity index (χ1v) is 6.94. The fourth-order valence-electron chi connectivity index (χ4n) is 1.77. The molecule has 2 heterocycles. The fraction of sp³-hybridized carbons (Fsp3) is 0.538. The number of nitrogens with zero attached hydrogens (tertiary/aromatic N) is 2. The van der Waals surface area contributed by atoms with Gasteiger partial charge in [0.05, 0.1) is 10.2 Å². The molecule has 17 heavy (non-hydrogen) atoms. The highest BCUT2D eigenvalue weighted by molar-refractivity contribution is 7.18. The number of fused-ring (bicyclic) bond motifs is 1. The smallest absolute Gasteiger partial charge is 0.147 e. The van der Waals surface area contributed by atoms with Gasteiger partial charge in [-0.1, -0.05) is 13.8 Å². The normalized spacial score (nSPS) is 12.0. The lowest BCUT2D eigenvalue weighted by molar-refractivity contribution is 0.477. The third-order valence-electron chi connectivity index (χ3n) is 3.51. The zero-order chi connectivity index (χ0) is 12.5. The van der Waals surface area contributed by atoms with Crippen molar-refractivity contribution in [3.05, 3.63) is 17.3 Å². The minimum atomic E-state index is 0.110. The molecule has 0 aliphatic rings. The molecule has 2 rings (SSSR count). The lowest BCUT2D eigenvalue weighted by atomic mass is 9.96. The van der Waals surface area contributed by atoms with Crippen LogP contribution in [0, 0.1) is 6.92 Å². The minimum Gasteiger partial charge on any atom is -0.364 e. The highest BCUT2D eigenvalue weighted by Gasteiger charge is 2.21. The number of aromatic nitrogens is 2. The predicted octanol–water partition coefficient (Wildman–Crippen LogP) is 3.99. The summed E-state index contributed by atoms with van der Waals surface area (Å²) in [6, 6.07) is 0. The molecule has 3 nitrogen and oxygen atoms in total. The van der Waals surface area contributed by atoms with Gasteiger partial charge in [-0.2, -0.15) is 0 Å². The summed E-state index contributed by atoms with van der Waals surface area (Å²) in [6.45, 7) is 8.74. The molecule has 0 aromatic carbocycles. The summed E-state index contributed by atoms with van der Waals surface area (Å²) in [6.07, 6.45) is 3.81. The highest BCUT2D eigenvalue weighted by atomic mass is 32.1. The molecular weight excluding hydrogens is 230 g/mol. The van der Waals surface area contributed by atoms with Gasteiger partial charge >= 0.3 is 0 Å². The van der Waals surface area contributed by atoms with Crippen molar-refractivity contribution in [2.45, 2.75) is 46.1 Å².